The van der Waals surface area contributed by atoms with Gasteiger partial charge in [-0.3, -0.25) is 0 Å². The molecule has 0 fully saturated rings. The van der Waals surface area contributed by atoms with E-state index in [1.54, 1.807) is 0 Å². The Balaban J connectivity index is 0. The molecule has 0 atom stereocenters. The fourth-order valence-electron chi connectivity index (χ4n) is 3.04. The first-order valence-corrected chi connectivity index (χ1v) is 11.9. The first-order valence-electron chi connectivity index (χ1n) is 9.14. The molecule has 0 amide bonds. The second-order valence-electron chi connectivity index (χ2n) is 7.36. The zero-order chi connectivity index (χ0) is 16.1. The Morgan fingerprint density at radius 1 is 0.727 bits per heavy atom. The molecule has 0 saturated carbocycles. The van der Waals surface area contributed by atoms with Crippen molar-refractivity contribution < 1.29 is 29.6 Å². The van der Waals surface area contributed by atoms with E-state index in [-0.39, 0.29) is 29.6 Å². The van der Waals surface area contributed by atoms with Crippen LogP contribution in [0.25, 0.3) is 0 Å². The Kier molecular flexibility index (Phi) is 17.2. The predicted octanol–water partition coefficient (Wildman–Crippen LogP) is 3.22. The van der Waals surface area contributed by atoms with Crippen molar-refractivity contribution in [1.82, 2.24) is 0 Å². The fraction of sp³-hybridized carbons (Fsp3) is 0.800. The van der Waals surface area contributed by atoms with Crippen LogP contribution in [0, 0.1) is 33.2 Å². The molecular weight excluding hydrogens is 290 g/mol. The van der Waals surface area contributed by atoms with Crippen LogP contribution in [0.5, 0.6) is 0 Å². The molecule has 0 aromatic carbocycles. The van der Waals surface area contributed by atoms with Crippen LogP contribution in [0.2, 0.25) is 10.6 Å². The summed E-state index contributed by atoms with van der Waals surface area (Å²) in [5.74, 6) is 8.44. The summed E-state index contributed by atoms with van der Waals surface area (Å²) in [6.45, 7) is 13.8. The van der Waals surface area contributed by atoms with Crippen molar-refractivity contribution in [3.8, 4) is 21.4 Å². The molecule has 0 aliphatic heterocycles. The molecule has 0 heterocycles. The molecule has 120 valence electrons. The van der Waals surface area contributed by atoms with Crippen LogP contribution in [0.1, 0.15) is 80.1 Å². The molecule has 22 heavy (non-hydrogen) atoms. The SMILES string of the molecule is CCCCC#[C][Al-]([C]#CCCCC)([CH2]C(C)C)[CH2]C(C)C.[Na+]. The van der Waals surface area contributed by atoms with Gasteiger partial charge >= 0.3 is 42.6 Å². The van der Waals surface area contributed by atoms with Gasteiger partial charge in [-0.25, -0.2) is 0 Å². The van der Waals surface area contributed by atoms with E-state index in [1.807, 2.05) is 0 Å². The number of unbranched alkanes of at least 4 members (excludes halogenated alkanes) is 4. The second-order valence-corrected chi connectivity index (χ2v) is 11.4. The van der Waals surface area contributed by atoms with Crippen molar-refractivity contribution in [2.75, 3.05) is 0 Å². The fourth-order valence-corrected chi connectivity index (χ4v) is 8.07. The first-order chi connectivity index (χ1) is 9.95. The van der Waals surface area contributed by atoms with Crippen LogP contribution in [-0.4, -0.2) is 13.1 Å². The molecule has 0 nitrogen and oxygen atoms in total. The second kappa shape index (κ2) is 15.2. The first kappa shape index (κ1) is 24.9. The minimum Gasteiger partial charge on any atom is -0.337 e. The maximum atomic E-state index is 3.75. The molecule has 0 bridgehead atoms. The Labute approximate surface area is 165 Å². The van der Waals surface area contributed by atoms with E-state index in [4.69, 9.17) is 0 Å². The summed E-state index contributed by atoms with van der Waals surface area (Å²) in [5, 5.41) is 2.53. The minimum absolute atomic E-state index is 0. The Hall–Kier alpha value is 0.652. The van der Waals surface area contributed by atoms with E-state index in [1.165, 1.54) is 36.2 Å². The molecule has 0 aliphatic rings. The van der Waals surface area contributed by atoms with Gasteiger partial charge in [0.15, 0.2) is 0 Å². The number of hydrogen-bond donors (Lipinski definition) is 0. The van der Waals surface area contributed by atoms with Gasteiger partial charge in [0.25, 0.3) is 0 Å². The molecule has 0 aliphatic carbocycles. The quantitative estimate of drug-likeness (QED) is 0.365. The van der Waals surface area contributed by atoms with E-state index in [0.29, 0.717) is 0 Å². The van der Waals surface area contributed by atoms with Gasteiger partial charge in [0.1, 0.15) is 0 Å². The smallest absolute Gasteiger partial charge is 0.337 e. The normalized spacial score (nSPS) is 10.5. The maximum absolute atomic E-state index is 3.75. The van der Waals surface area contributed by atoms with Crippen LogP contribution in [0.15, 0.2) is 0 Å². The molecule has 0 N–H and O–H groups in total. The van der Waals surface area contributed by atoms with Crippen molar-refractivity contribution in [1.29, 1.82) is 0 Å². The van der Waals surface area contributed by atoms with Crippen LogP contribution >= 0.6 is 0 Å². The van der Waals surface area contributed by atoms with Crippen molar-refractivity contribution in [3.63, 3.8) is 0 Å². The molecule has 0 aromatic rings. The van der Waals surface area contributed by atoms with Crippen LogP contribution in [0.3, 0.4) is 0 Å². The van der Waals surface area contributed by atoms with E-state index in [0.717, 1.165) is 24.7 Å². The molecule has 0 radical (unpaired) electrons. The largest absolute Gasteiger partial charge is 1.00 e. The van der Waals surface area contributed by atoms with E-state index in [2.05, 4.69) is 62.9 Å². The van der Waals surface area contributed by atoms with Gasteiger partial charge in [0.05, 0.1) is 0 Å². The van der Waals surface area contributed by atoms with E-state index < -0.39 is 13.1 Å². The number of rotatable bonds is 8. The van der Waals surface area contributed by atoms with E-state index in [9.17, 15) is 0 Å². The van der Waals surface area contributed by atoms with Gasteiger partial charge in [-0.1, -0.05) is 66.2 Å². The molecule has 0 rings (SSSR count). The van der Waals surface area contributed by atoms with Crippen molar-refractivity contribution in [2.24, 2.45) is 11.8 Å². The van der Waals surface area contributed by atoms with Gasteiger partial charge in [0.2, 0.25) is 0 Å². The van der Waals surface area contributed by atoms with Crippen LogP contribution < -0.4 is 29.6 Å². The van der Waals surface area contributed by atoms with Gasteiger partial charge in [-0.15, -0.1) is 0 Å². The third-order valence-electron chi connectivity index (χ3n) is 3.81. The monoisotopic (exact) mass is 326 g/mol. The molecule has 0 aromatic heterocycles. The summed E-state index contributed by atoms with van der Waals surface area (Å²) < 4.78 is 0. The molecule has 2 heteroatoms. The zero-order valence-electron chi connectivity index (χ0n) is 16.4. The van der Waals surface area contributed by atoms with Gasteiger partial charge < -0.3 is 9.56 Å². The van der Waals surface area contributed by atoms with Gasteiger partial charge in [0, 0.05) is 12.8 Å². The van der Waals surface area contributed by atoms with Crippen LogP contribution in [0.4, 0.5) is 0 Å². The Morgan fingerprint density at radius 3 is 1.36 bits per heavy atom. The Bertz CT molecular complexity index is 338. The number of hydrogen-bond acceptors (Lipinski definition) is 0. The van der Waals surface area contributed by atoms with Crippen molar-refractivity contribution in [2.45, 2.75) is 90.6 Å². The third kappa shape index (κ3) is 13.1. The molecular formula is C20H36AlNa. The molecule has 0 spiro atoms. The topological polar surface area (TPSA) is 0 Å². The average Bonchev–Trinajstić information content (AvgIpc) is 2.38. The summed E-state index contributed by atoms with van der Waals surface area (Å²) in [4.78, 5) is 7.50. The standard InChI is InChI=1S/2C6H9.2C4H9.Al.Na/c2*1-3-5-6-4-2;2*1-4(2)3;;/h2*3,5-6H2,1H3;2*4H,1H2,2-3H3;;/q;;;;-1;+1. The van der Waals surface area contributed by atoms with Crippen molar-refractivity contribution in [3.05, 3.63) is 0 Å². The summed E-state index contributed by atoms with van der Waals surface area (Å²) >= 11 is -2.08. The van der Waals surface area contributed by atoms with Crippen molar-refractivity contribution >= 4 is 13.1 Å². The maximum Gasteiger partial charge on any atom is 1.00 e. The summed E-state index contributed by atoms with van der Waals surface area (Å²) in [6.07, 6.45) is 7.06. The Morgan fingerprint density at radius 2 is 1.09 bits per heavy atom. The van der Waals surface area contributed by atoms with E-state index >= 15 is 0 Å². The summed E-state index contributed by atoms with van der Waals surface area (Å²) in [6, 6.07) is 0. The van der Waals surface area contributed by atoms with Gasteiger partial charge in [-0.2, -0.15) is 22.4 Å². The average molecular weight is 326 g/mol. The predicted molar refractivity (Wildman–Crippen MR) is 99.6 cm³/mol. The minimum atomic E-state index is -2.08. The molecule has 0 unspecified atom stereocenters. The zero-order valence-corrected chi connectivity index (χ0v) is 19.5. The summed E-state index contributed by atoms with van der Waals surface area (Å²) in [5.41, 5.74) is 0. The summed E-state index contributed by atoms with van der Waals surface area (Å²) in [7, 11) is 0. The van der Waals surface area contributed by atoms with Crippen LogP contribution in [-0.2, 0) is 0 Å². The molecule has 0 saturated heterocycles. The van der Waals surface area contributed by atoms with Gasteiger partial charge in [-0.05, 0) is 12.8 Å². The third-order valence-corrected chi connectivity index (χ3v) is 8.82.